The first-order chi connectivity index (χ1) is 16.1. The number of rotatable bonds is 10. The van der Waals surface area contributed by atoms with Crippen molar-refractivity contribution in [2.45, 2.75) is 32.1 Å². The van der Waals surface area contributed by atoms with Crippen molar-refractivity contribution in [3.05, 3.63) is 64.8 Å². The Morgan fingerprint density at radius 1 is 1.03 bits per heavy atom. The van der Waals surface area contributed by atoms with E-state index in [0.717, 1.165) is 34.0 Å². The quantitative estimate of drug-likeness (QED) is 0.298. The summed E-state index contributed by atoms with van der Waals surface area (Å²) in [5.74, 6) is -1.90. The third kappa shape index (κ3) is 5.89. The molecule has 3 rings (SSSR count). The molecule has 1 heterocycles. The van der Waals surface area contributed by atoms with Crippen LogP contribution in [0.25, 0.3) is 10.9 Å². The molecule has 9 nitrogen and oxygen atoms in total. The van der Waals surface area contributed by atoms with Crippen LogP contribution in [-0.4, -0.2) is 50.8 Å². The van der Waals surface area contributed by atoms with Crippen molar-refractivity contribution < 1.29 is 27.5 Å². The zero-order valence-corrected chi connectivity index (χ0v) is 20.0. The van der Waals surface area contributed by atoms with Gasteiger partial charge < -0.3 is 15.0 Å². The Kier molecular flexibility index (Phi) is 7.85. The van der Waals surface area contributed by atoms with Gasteiger partial charge in [-0.3, -0.25) is 14.4 Å². The largest absolute Gasteiger partial charge is 0.456 e. The first kappa shape index (κ1) is 25.1. The number of benzene rings is 2. The maximum Gasteiger partial charge on any atom is 0.325 e. The third-order valence-corrected chi connectivity index (χ3v) is 6.89. The number of aryl methyl sites for hydroxylation is 3. The number of aromatic nitrogens is 1. The molecule has 180 valence electrons. The fourth-order valence-corrected chi connectivity index (χ4v) is 4.44. The molecule has 34 heavy (non-hydrogen) atoms. The molecule has 0 spiro atoms. The Morgan fingerprint density at radius 3 is 2.50 bits per heavy atom. The van der Waals surface area contributed by atoms with E-state index in [1.165, 1.54) is 12.1 Å². The van der Waals surface area contributed by atoms with Gasteiger partial charge in [-0.05, 0) is 49.1 Å². The van der Waals surface area contributed by atoms with Crippen molar-refractivity contribution in [3.63, 3.8) is 0 Å². The van der Waals surface area contributed by atoms with Gasteiger partial charge in [-0.1, -0.05) is 31.2 Å². The minimum Gasteiger partial charge on any atom is -0.456 e. The van der Waals surface area contributed by atoms with Gasteiger partial charge in [-0.25, -0.2) is 13.1 Å². The molecule has 1 aromatic heterocycles. The van der Waals surface area contributed by atoms with E-state index >= 15 is 0 Å². The summed E-state index contributed by atoms with van der Waals surface area (Å²) in [7, 11) is -3.88. The molecule has 2 aromatic carbocycles. The van der Waals surface area contributed by atoms with Gasteiger partial charge in [-0.2, -0.15) is 0 Å². The van der Waals surface area contributed by atoms with Crippen molar-refractivity contribution in [1.29, 1.82) is 0 Å². The summed E-state index contributed by atoms with van der Waals surface area (Å²) in [6.07, 6.45) is 2.39. The van der Waals surface area contributed by atoms with E-state index in [0.29, 0.717) is 5.56 Å². The number of para-hydroxylation sites is 1. The lowest BCUT2D eigenvalue weighted by molar-refractivity contribution is -0.142. The van der Waals surface area contributed by atoms with Crippen molar-refractivity contribution in [3.8, 4) is 0 Å². The van der Waals surface area contributed by atoms with Crippen LogP contribution >= 0.6 is 0 Å². The summed E-state index contributed by atoms with van der Waals surface area (Å²) in [6.45, 7) is 4.15. The van der Waals surface area contributed by atoms with Crippen LogP contribution in [0.2, 0.25) is 0 Å². The molecule has 0 fully saturated rings. The second kappa shape index (κ2) is 10.6. The van der Waals surface area contributed by atoms with E-state index in [4.69, 9.17) is 4.74 Å². The highest BCUT2D eigenvalue weighted by molar-refractivity contribution is 7.89. The average Bonchev–Trinajstić information content (AvgIpc) is 3.26. The van der Waals surface area contributed by atoms with Crippen LogP contribution in [0, 0.1) is 13.8 Å². The number of carbonyl (C=O) groups is 3. The Bertz CT molecular complexity index is 1340. The molecule has 0 saturated heterocycles. The molecule has 1 amide bonds. The van der Waals surface area contributed by atoms with Gasteiger partial charge in [0, 0.05) is 22.7 Å². The van der Waals surface area contributed by atoms with Gasteiger partial charge in [0.2, 0.25) is 21.7 Å². The van der Waals surface area contributed by atoms with Crippen molar-refractivity contribution in [1.82, 2.24) is 15.0 Å². The summed E-state index contributed by atoms with van der Waals surface area (Å²) in [6, 6.07) is 10.3. The SMILES string of the molecule is CCc1cccc2c(C(=O)COC(=O)CNC(=O)CNS(=O)(=O)c3ccc(C)c(C)c3)c[nH]c12. The second-order valence-corrected chi connectivity index (χ2v) is 9.59. The predicted molar refractivity (Wildman–Crippen MR) is 127 cm³/mol. The molecule has 0 aliphatic rings. The van der Waals surface area contributed by atoms with E-state index < -0.39 is 41.6 Å². The lowest BCUT2D eigenvalue weighted by Crippen LogP contribution is -2.39. The number of fused-ring (bicyclic) bond motifs is 1. The van der Waals surface area contributed by atoms with Crippen LogP contribution in [0.3, 0.4) is 0 Å². The lowest BCUT2D eigenvalue weighted by atomic mass is 10.1. The number of sulfonamides is 1. The number of carbonyl (C=O) groups excluding carboxylic acids is 3. The van der Waals surface area contributed by atoms with Gasteiger partial charge in [0.05, 0.1) is 11.4 Å². The number of amides is 1. The molecule has 3 aromatic rings. The highest BCUT2D eigenvalue weighted by Crippen LogP contribution is 2.22. The van der Waals surface area contributed by atoms with Crippen molar-refractivity contribution in [2.24, 2.45) is 0 Å². The monoisotopic (exact) mass is 485 g/mol. The molecular weight excluding hydrogens is 458 g/mol. The number of H-pyrrole nitrogens is 1. The highest BCUT2D eigenvalue weighted by Gasteiger charge is 2.18. The van der Waals surface area contributed by atoms with Gasteiger partial charge in [0.25, 0.3) is 0 Å². The fraction of sp³-hybridized carbons (Fsp3) is 0.292. The van der Waals surface area contributed by atoms with Crippen molar-refractivity contribution >= 4 is 38.6 Å². The van der Waals surface area contributed by atoms with Crippen LogP contribution in [0.1, 0.15) is 34.0 Å². The van der Waals surface area contributed by atoms with Gasteiger partial charge in [0.1, 0.15) is 6.54 Å². The van der Waals surface area contributed by atoms with Gasteiger partial charge in [0.15, 0.2) is 6.61 Å². The smallest absolute Gasteiger partial charge is 0.325 e. The van der Waals surface area contributed by atoms with Gasteiger partial charge in [-0.15, -0.1) is 0 Å². The van der Waals surface area contributed by atoms with Crippen LogP contribution in [0.4, 0.5) is 0 Å². The highest BCUT2D eigenvalue weighted by atomic mass is 32.2. The van der Waals surface area contributed by atoms with E-state index in [-0.39, 0.29) is 10.7 Å². The average molecular weight is 486 g/mol. The molecule has 0 radical (unpaired) electrons. The van der Waals surface area contributed by atoms with Crippen LogP contribution < -0.4 is 10.0 Å². The number of hydrogen-bond acceptors (Lipinski definition) is 6. The summed E-state index contributed by atoms with van der Waals surface area (Å²) < 4.78 is 31.8. The third-order valence-electron chi connectivity index (χ3n) is 5.49. The summed E-state index contributed by atoms with van der Waals surface area (Å²) in [5, 5.41) is 3.03. The molecule has 0 saturated carbocycles. The number of ketones is 1. The Morgan fingerprint density at radius 2 is 1.79 bits per heavy atom. The normalized spacial score (nSPS) is 11.4. The molecule has 10 heteroatoms. The number of esters is 1. The molecular formula is C24H27N3O6S. The molecule has 0 aliphatic carbocycles. The first-order valence-electron chi connectivity index (χ1n) is 10.7. The number of ether oxygens (including phenoxy) is 1. The minimum atomic E-state index is -3.88. The summed E-state index contributed by atoms with van der Waals surface area (Å²) >= 11 is 0. The Labute approximate surface area is 197 Å². The zero-order valence-electron chi connectivity index (χ0n) is 19.2. The fourth-order valence-electron chi connectivity index (χ4n) is 3.38. The van der Waals surface area contributed by atoms with Gasteiger partial charge >= 0.3 is 5.97 Å². The Hall–Kier alpha value is -3.50. The van der Waals surface area contributed by atoms with E-state index in [1.807, 2.05) is 32.0 Å². The molecule has 0 atom stereocenters. The first-order valence-corrected chi connectivity index (χ1v) is 12.2. The molecule has 0 unspecified atom stereocenters. The maximum absolute atomic E-state index is 12.5. The number of hydrogen-bond donors (Lipinski definition) is 3. The maximum atomic E-state index is 12.5. The van der Waals surface area contributed by atoms with E-state index in [9.17, 15) is 22.8 Å². The summed E-state index contributed by atoms with van der Waals surface area (Å²) in [5.41, 5.74) is 4.12. The second-order valence-electron chi connectivity index (χ2n) is 7.83. The van der Waals surface area contributed by atoms with E-state index in [2.05, 4.69) is 15.0 Å². The van der Waals surface area contributed by atoms with Crippen molar-refractivity contribution in [2.75, 3.05) is 19.7 Å². The Balaban J connectivity index is 1.46. The van der Waals surface area contributed by atoms with Crippen LogP contribution in [-0.2, 0) is 30.8 Å². The predicted octanol–water partition coefficient (Wildman–Crippen LogP) is 2.17. The van der Waals surface area contributed by atoms with Crippen LogP contribution in [0.15, 0.2) is 47.5 Å². The standard InChI is InChI=1S/C24H27N3O6S/c1-4-17-6-5-7-19-20(11-26-24(17)19)21(28)14-33-23(30)13-25-22(29)12-27-34(31,32)18-9-8-15(2)16(3)10-18/h5-11,26-27H,4,12-14H2,1-3H3,(H,25,29). The summed E-state index contributed by atoms with van der Waals surface area (Å²) in [4.78, 5) is 39.5. The number of aromatic amines is 1. The minimum absolute atomic E-state index is 0.0460. The molecule has 0 aliphatic heterocycles. The zero-order chi connectivity index (χ0) is 24.9. The topological polar surface area (TPSA) is 134 Å². The molecule has 3 N–H and O–H groups in total. The number of nitrogens with one attached hydrogen (secondary N) is 3. The lowest BCUT2D eigenvalue weighted by Gasteiger charge is -2.09. The van der Waals surface area contributed by atoms with E-state index in [1.54, 1.807) is 19.2 Å². The molecule has 0 bridgehead atoms. The number of Topliss-reactive ketones (excluding diaryl/α,β-unsaturated/α-hetero) is 1. The van der Waals surface area contributed by atoms with Crippen LogP contribution in [0.5, 0.6) is 0 Å².